The Morgan fingerprint density at radius 3 is 2.47 bits per heavy atom. The van der Waals surface area contributed by atoms with E-state index in [9.17, 15) is 18.0 Å². The summed E-state index contributed by atoms with van der Waals surface area (Å²) in [6.45, 7) is 0. The fourth-order valence-electron chi connectivity index (χ4n) is 0.854. The van der Waals surface area contributed by atoms with Crippen molar-refractivity contribution in [3.05, 3.63) is 23.8 Å². The second-order valence-electron chi connectivity index (χ2n) is 2.54. The molecule has 0 amide bonds. The van der Waals surface area contributed by atoms with Gasteiger partial charge < -0.3 is 9.84 Å². The van der Waals surface area contributed by atoms with Crippen molar-refractivity contribution >= 4 is 18.6 Å². The Balaban J connectivity index is 3.06. The van der Waals surface area contributed by atoms with Crippen LogP contribution in [-0.4, -0.2) is 17.4 Å². The molecule has 0 saturated carbocycles. The van der Waals surface area contributed by atoms with Crippen molar-refractivity contribution in [2.45, 2.75) is 11.3 Å². The highest BCUT2D eigenvalue weighted by Crippen LogP contribution is 2.29. The van der Waals surface area contributed by atoms with Gasteiger partial charge in [0.2, 0.25) is 0 Å². The SMILES string of the molecule is O=C(O)c1ccc(S)c(OC(F)(F)F)c1. The minimum absolute atomic E-state index is 0.0858. The van der Waals surface area contributed by atoms with Crippen LogP contribution in [0.2, 0.25) is 0 Å². The van der Waals surface area contributed by atoms with Crippen LogP contribution in [-0.2, 0) is 0 Å². The van der Waals surface area contributed by atoms with Crippen molar-refractivity contribution in [3.8, 4) is 5.75 Å². The lowest BCUT2D eigenvalue weighted by atomic mass is 10.2. The fraction of sp³-hybridized carbons (Fsp3) is 0.125. The predicted molar refractivity (Wildman–Crippen MR) is 47.3 cm³/mol. The standard InChI is InChI=1S/C8H5F3O3S/c9-8(10,11)14-5-3-4(7(12)13)1-2-6(5)15/h1-3,15H,(H,12,13). The molecule has 0 heterocycles. The smallest absolute Gasteiger partial charge is 0.478 e. The highest BCUT2D eigenvalue weighted by molar-refractivity contribution is 7.80. The van der Waals surface area contributed by atoms with Crippen molar-refractivity contribution in [2.24, 2.45) is 0 Å². The second-order valence-corrected chi connectivity index (χ2v) is 3.02. The molecule has 15 heavy (non-hydrogen) atoms. The molecule has 1 N–H and O–H groups in total. The second kappa shape index (κ2) is 4.01. The molecular formula is C8H5F3O3S. The molecule has 0 atom stereocenters. The minimum atomic E-state index is -4.87. The summed E-state index contributed by atoms with van der Waals surface area (Å²) >= 11 is 3.71. The van der Waals surface area contributed by atoms with Gasteiger partial charge in [-0.05, 0) is 18.2 Å². The number of thiol groups is 1. The van der Waals surface area contributed by atoms with Crippen LogP contribution < -0.4 is 4.74 Å². The maximum Gasteiger partial charge on any atom is 0.573 e. The molecule has 0 aromatic heterocycles. The number of halogens is 3. The third-order valence-electron chi connectivity index (χ3n) is 1.43. The van der Waals surface area contributed by atoms with E-state index in [0.29, 0.717) is 0 Å². The molecule has 0 aliphatic rings. The number of hydrogen-bond acceptors (Lipinski definition) is 3. The van der Waals surface area contributed by atoms with Crippen molar-refractivity contribution in [2.75, 3.05) is 0 Å². The summed E-state index contributed by atoms with van der Waals surface area (Å²) < 4.78 is 39.1. The molecule has 1 rings (SSSR count). The van der Waals surface area contributed by atoms with Crippen LogP contribution in [0.5, 0.6) is 5.75 Å². The summed E-state index contributed by atoms with van der Waals surface area (Å²) in [5, 5.41) is 8.54. The first-order valence-corrected chi connectivity index (χ1v) is 4.06. The molecule has 0 unspecified atom stereocenters. The number of hydrogen-bond donors (Lipinski definition) is 2. The monoisotopic (exact) mass is 238 g/mol. The van der Waals surface area contributed by atoms with E-state index in [4.69, 9.17) is 5.11 Å². The minimum Gasteiger partial charge on any atom is -0.478 e. The van der Waals surface area contributed by atoms with Crippen molar-refractivity contribution in [1.29, 1.82) is 0 Å². The Labute approximate surface area is 87.9 Å². The third kappa shape index (κ3) is 3.35. The van der Waals surface area contributed by atoms with Crippen LogP contribution in [0.3, 0.4) is 0 Å². The van der Waals surface area contributed by atoms with Crippen LogP contribution in [0.15, 0.2) is 23.1 Å². The first-order chi connectivity index (χ1) is 6.79. The van der Waals surface area contributed by atoms with Crippen molar-refractivity contribution in [1.82, 2.24) is 0 Å². The van der Waals surface area contributed by atoms with Gasteiger partial charge in [0.25, 0.3) is 0 Å². The van der Waals surface area contributed by atoms with E-state index in [1.54, 1.807) is 0 Å². The Bertz CT molecular complexity index is 389. The number of ether oxygens (including phenoxy) is 1. The molecule has 1 aromatic carbocycles. The van der Waals surface area contributed by atoms with Crippen LogP contribution in [0.1, 0.15) is 10.4 Å². The maximum atomic E-state index is 11.9. The molecule has 7 heteroatoms. The van der Waals surface area contributed by atoms with E-state index < -0.39 is 18.1 Å². The van der Waals surface area contributed by atoms with E-state index in [1.807, 2.05) is 0 Å². The van der Waals surface area contributed by atoms with E-state index in [1.165, 1.54) is 0 Å². The van der Waals surface area contributed by atoms with Gasteiger partial charge in [-0.1, -0.05) is 0 Å². The summed E-state index contributed by atoms with van der Waals surface area (Å²) in [4.78, 5) is 10.4. The summed E-state index contributed by atoms with van der Waals surface area (Å²) in [7, 11) is 0. The van der Waals surface area contributed by atoms with Crippen LogP contribution >= 0.6 is 12.6 Å². The largest absolute Gasteiger partial charge is 0.573 e. The molecule has 0 radical (unpaired) electrons. The van der Waals surface area contributed by atoms with Gasteiger partial charge in [-0.25, -0.2) is 4.79 Å². The fourth-order valence-corrected chi connectivity index (χ4v) is 1.04. The molecule has 0 bridgehead atoms. The van der Waals surface area contributed by atoms with Gasteiger partial charge in [-0.15, -0.1) is 25.8 Å². The number of benzene rings is 1. The highest BCUT2D eigenvalue weighted by atomic mass is 32.1. The van der Waals surface area contributed by atoms with Crippen LogP contribution in [0.4, 0.5) is 13.2 Å². The third-order valence-corrected chi connectivity index (χ3v) is 1.80. The van der Waals surface area contributed by atoms with E-state index in [-0.39, 0.29) is 10.5 Å². The van der Waals surface area contributed by atoms with Gasteiger partial charge >= 0.3 is 12.3 Å². The molecule has 0 spiro atoms. The van der Waals surface area contributed by atoms with E-state index in [0.717, 1.165) is 18.2 Å². The molecule has 3 nitrogen and oxygen atoms in total. The summed E-state index contributed by atoms with van der Waals surface area (Å²) in [5.74, 6) is -1.97. The number of carboxylic acids is 1. The number of rotatable bonds is 2. The Morgan fingerprint density at radius 1 is 1.40 bits per heavy atom. The van der Waals surface area contributed by atoms with Gasteiger partial charge in [0.1, 0.15) is 5.75 Å². The van der Waals surface area contributed by atoms with Crippen molar-refractivity contribution < 1.29 is 27.8 Å². The predicted octanol–water partition coefficient (Wildman–Crippen LogP) is 2.57. The zero-order valence-corrected chi connectivity index (χ0v) is 7.97. The molecule has 82 valence electrons. The van der Waals surface area contributed by atoms with Crippen LogP contribution in [0.25, 0.3) is 0 Å². The summed E-state index contributed by atoms with van der Waals surface area (Å²) in [6.07, 6.45) is -4.87. The van der Waals surface area contributed by atoms with Gasteiger partial charge in [0, 0.05) is 4.90 Å². The molecular weight excluding hydrogens is 233 g/mol. The quantitative estimate of drug-likeness (QED) is 0.778. The van der Waals surface area contributed by atoms with Crippen LogP contribution in [0, 0.1) is 0 Å². The van der Waals surface area contributed by atoms with Gasteiger partial charge in [-0.3, -0.25) is 0 Å². The lowest BCUT2D eigenvalue weighted by Gasteiger charge is -2.11. The van der Waals surface area contributed by atoms with Gasteiger partial charge in [0.05, 0.1) is 5.56 Å². The summed E-state index contributed by atoms with van der Waals surface area (Å²) in [5.41, 5.74) is -0.299. The number of carbonyl (C=O) groups is 1. The molecule has 0 aliphatic carbocycles. The molecule has 0 fully saturated rings. The highest BCUT2D eigenvalue weighted by Gasteiger charge is 2.32. The molecule has 1 aromatic rings. The zero-order chi connectivity index (χ0) is 11.6. The number of alkyl halides is 3. The maximum absolute atomic E-state index is 11.9. The van der Waals surface area contributed by atoms with Gasteiger partial charge in [-0.2, -0.15) is 0 Å². The van der Waals surface area contributed by atoms with Crippen molar-refractivity contribution in [3.63, 3.8) is 0 Å². The average Bonchev–Trinajstić information content (AvgIpc) is 2.06. The Morgan fingerprint density at radius 2 is 2.00 bits per heavy atom. The average molecular weight is 238 g/mol. The van der Waals surface area contributed by atoms with E-state index >= 15 is 0 Å². The lowest BCUT2D eigenvalue weighted by Crippen LogP contribution is -2.17. The Hall–Kier alpha value is -1.37. The normalized spacial score (nSPS) is 11.2. The van der Waals surface area contributed by atoms with E-state index in [2.05, 4.69) is 17.4 Å². The lowest BCUT2D eigenvalue weighted by molar-refractivity contribution is -0.275. The topological polar surface area (TPSA) is 46.5 Å². The van der Waals surface area contributed by atoms with Gasteiger partial charge in [0.15, 0.2) is 0 Å². The number of aromatic carboxylic acids is 1. The molecule has 0 aliphatic heterocycles. The Kier molecular flexibility index (Phi) is 3.13. The first kappa shape index (κ1) is 11.7. The summed E-state index contributed by atoms with van der Waals surface area (Å²) in [6, 6.07) is 3.01. The molecule has 0 saturated heterocycles. The first-order valence-electron chi connectivity index (χ1n) is 3.61. The zero-order valence-electron chi connectivity index (χ0n) is 7.08. The number of carboxylic acid groups (broad SMARTS) is 1.